The van der Waals surface area contributed by atoms with E-state index in [1.165, 1.54) is 0 Å². The summed E-state index contributed by atoms with van der Waals surface area (Å²) in [6, 6.07) is -0.292. The van der Waals surface area contributed by atoms with E-state index in [4.69, 9.17) is 0 Å². The summed E-state index contributed by atoms with van der Waals surface area (Å²) in [5.41, 5.74) is -0.656. The molecule has 1 saturated heterocycles. The Morgan fingerprint density at radius 3 is 2.44 bits per heavy atom. The molecule has 3 unspecified atom stereocenters. The number of piperazine rings is 1. The molecule has 2 rings (SSSR count). The van der Waals surface area contributed by atoms with Crippen LogP contribution in [0.4, 0.5) is 0 Å². The molecule has 0 aromatic rings. The molecule has 4 nitrogen and oxygen atoms in total. The Hall–Kier alpha value is -1.06. The van der Waals surface area contributed by atoms with Crippen LogP contribution in [0.1, 0.15) is 47.0 Å². The molecular formula is C14H24N2O2. The van der Waals surface area contributed by atoms with Crippen molar-refractivity contribution in [2.75, 3.05) is 6.54 Å². The largest absolute Gasteiger partial charge is 0.340 e. The molecule has 0 spiro atoms. The van der Waals surface area contributed by atoms with Gasteiger partial charge in [-0.05, 0) is 38.5 Å². The molecule has 0 aromatic heterocycles. The monoisotopic (exact) mass is 252 g/mol. The lowest BCUT2D eigenvalue weighted by atomic mass is 9.85. The smallest absolute Gasteiger partial charge is 0.249 e. The fraction of sp³-hybridized carbons (Fsp3) is 0.857. The predicted octanol–water partition coefficient (Wildman–Crippen LogP) is 1.55. The van der Waals surface area contributed by atoms with Crippen LogP contribution in [-0.4, -0.2) is 34.8 Å². The van der Waals surface area contributed by atoms with Crippen LogP contribution in [0.5, 0.6) is 0 Å². The number of hydrogen-bond donors (Lipinski definition) is 1. The summed E-state index contributed by atoms with van der Waals surface area (Å²) in [6.07, 6.45) is 3.00. The highest BCUT2D eigenvalue weighted by Crippen LogP contribution is 2.42. The van der Waals surface area contributed by atoms with Crippen LogP contribution in [0.3, 0.4) is 0 Å². The summed E-state index contributed by atoms with van der Waals surface area (Å²) >= 11 is 0. The molecule has 2 aliphatic rings. The molecule has 18 heavy (non-hydrogen) atoms. The highest BCUT2D eigenvalue weighted by Gasteiger charge is 2.55. The second-order valence-corrected chi connectivity index (χ2v) is 5.89. The van der Waals surface area contributed by atoms with Crippen LogP contribution >= 0.6 is 0 Å². The van der Waals surface area contributed by atoms with Crippen LogP contribution in [0.25, 0.3) is 0 Å². The fourth-order valence-corrected chi connectivity index (χ4v) is 3.02. The Kier molecular flexibility index (Phi) is 3.39. The van der Waals surface area contributed by atoms with Crippen LogP contribution in [0, 0.1) is 11.8 Å². The van der Waals surface area contributed by atoms with Gasteiger partial charge in [-0.2, -0.15) is 0 Å². The van der Waals surface area contributed by atoms with Crippen molar-refractivity contribution in [1.29, 1.82) is 0 Å². The van der Waals surface area contributed by atoms with Crippen molar-refractivity contribution in [2.24, 2.45) is 11.8 Å². The third-order valence-corrected chi connectivity index (χ3v) is 4.61. The minimum atomic E-state index is -0.656. The first-order chi connectivity index (χ1) is 8.45. The molecule has 0 bridgehead atoms. The SMILES string of the molecule is CCC(C)C1C(=O)NC(C)(C2CC2)C(=O)N1CC. The van der Waals surface area contributed by atoms with Crippen molar-refractivity contribution in [3.05, 3.63) is 0 Å². The van der Waals surface area contributed by atoms with E-state index in [9.17, 15) is 9.59 Å². The maximum absolute atomic E-state index is 12.6. The predicted molar refractivity (Wildman–Crippen MR) is 69.9 cm³/mol. The molecule has 3 atom stereocenters. The van der Waals surface area contributed by atoms with Crippen molar-refractivity contribution in [3.63, 3.8) is 0 Å². The number of rotatable bonds is 4. The van der Waals surface area contributed by atoms with Crippen molar-refractivity contribution in [1.82, 2.24) is 10.2 Å². The lowest BCUT2D eigenvalue weighted by Gasteiger charge is -2.46. The maximum Gasteiger partial charge on any atom is 0.249 e. The van der Waals surface area contributed by atoms with E-state index < -0.39 is 5.54 Å². The summed E-state index contributed by atoms with van der Waals surface area (Å²) in [4.78, 5) is 26.8. The number of carbonyl (C=O) groups excluding carboxylic acids is 2. The number of carbonyl (C=O) groups is 2. The summed E-state index contributed by atoms with van der Waals surface area (Å²) in [5, 5.41) is 3.00. The van der Waals surface area contributed by atoms with E-state index in [2.05, 4.69) is 12.2 Å². The molecule has 4 heteroatoms. The summed E-state index contributed by atoms with van der Waals surface area (Å²) < 4.78 is 0. The molecule has 0 radical (unpaired) electrons. The van der Waals surface area contributed by atoms with Gasteiger partial charge in [0.2, 0.25) is 11.8 Å². The molecule has 102 valence electrons. The number of likely N-dealkylation sites (N-methyl/N-ethyl adjacent to an activating group) is 1. The van der Waals surface area contributed by atoms with E-state index in [0.717, 1.165) is 19.3 Å². The van der Waals surface area contributed by atoms with Gasteiger partial charge in [-0.1, -0.05) is 20.3 Å². The van der Waals surface area contributed by atoms with Gasteiger partial charge >= 0.3 is 0 Å². The van der Waals surface area contributed by atoms with Gasteiger partial charge in [0.15, 0.2) is 0 Å². The van der Waals surface area contributed by atoms with Crippen molar-refractivity contribution >= 4 is 11.8 Å². The normalized spacial score (nSPS) is 34.4. The zero-order valence-corrected chi connectivity index (χ0v) is 11.8. The van der Waals surface area contributed by atoms with Crippen LogP contribution in [0.15, 0.2) is 0 Å². The Morgan fingerprint density at radius 1 is 1.39 bits per heavy atom. The lowest BCUT2D eigenvalue weighted by Crippen LogP contribution is -2.71. The first-order valence-electron chi connectivity index (χ1n) is 7.08. The first-order valence-corrected chi connectivity index (χ1v) is 7.08. The lowest BCUT2D eigenvalue weighted by molar-refractivity contribution is -0.157. The Balaban J connectivity index is 2.28. The fourth-order valence-electron chi connectivity index (χ4n) is 3.02. The van der Waals surface area contributed by atoms with Crippen LogP contribution in [-0.2, 0) is 9.59 Å². The highest BCUT2D eigenvalue weighted by atomic mass is 16.2. The molecule has 1 aliphatic carbocycles. The van der Waals surface area contributed by atoms with E-state index in [1.807, 2.05) is 20.8 Å². The number of amides is 2. The zero-order valence-electron chi connectivity index (χ0n) is 11.8. The quantitative estimate of drug-likeness (QED) is 0.825. The van der Waals surface area contributed by atoms with Gasteiger partial charge in [0, 0.05) is 6.54 Å². The summed E-state index contributed by atoms with van der Waals surface area (Å²) in [6.45, 7) is 8.56. The van der Waals surface area contributed by atoms with Crippen molar-refractivity contribution in [3.8, 4) is 0 Å². The molecule has 2 fully saturated rings. The van der Waals surface area contributed by atoms with E-state index >= 15 is 0 Å². The average Bonchev–Trinajstić information content (AvgIpc) is 3.16. The molecule has 2 amide bonds. The minimum absolute atomic E-state index is 0.0280. The number of nitrogens with one attached hydrogen (secondary N) is 1. The highest BCUT2D eigenvalue weighted by molar-refractivity contribution is 6.00. The zero-order chi connectivity index (χ0) is 13.5. The third-order valence-electron chi connectivity index (χ3n) is 4.61. The van der Waals surface area contributed by atoms with Gasteiger partial charge in [0.1, 0.15) is 11.6 Å². The standard InChI is InChI=1S/C14H24N2O2/c1-5-9(3)11-12(17)15-14(4,10-7-8-10)13(18)16(11)6-2/h9-11H,5-8H2,1-4H3,(H,15,17). The Labute approximate surface area is 109 Å². The summed E-state index contributed by atoms with van der Waals surface area (Å²) in [7, 11) is 0. The van der Waals surface area contributed by atoms with Gasteiger partial charge < -0.3 is 10.2 Å². The molecule has 1 heterocycles. The van der Waals surface area contributed by atoms with Gasteiger partial charge in [-0.15, -0.1) is 0 Å². The number of nitrogens with zero attached hydrogens (tertiary/aromatic N) is 1. The maximum atomic E-state index is 12.6. The van der Waals surface area contributed by atoms with E-state index in [-0.39, 0.29) is 23.8 Å². The molecule has 0 aromatic carbocycles. The van der Waals surface area contributed by atoms with Gasteiger partial charge in [-0.25, -0.2) is 0 Å². The third kappa shape index (κ3) is 1.91. The van der Waals surface area contributed by atoms with Gasteiger partial charge in [0.25, 0.3) is 0 Å². The number of hydrogen-bond acceptors (Lipinski definition) is 2. The Morgan fingerprint density at radius 2 is 2.00 bits per heavy atom. The van der Waals surface area contributed by atoms with Gasteiger partial charge in [-0.3, -0.25) is 9.59 Å². The molecule has 1 aliphatic heterocycles. The average molecular weight is 252 g/mol. The van der Waals surface area contributed by atoms with Crippen LogP contribution in [0.2, 0.25) is 0 Å². The minimum Gasteiger partial charge on any atom is -0.340 e. The summed E-state index contributed by atoms with van der Waals surface area (Å²) in [5.74, 6) is 0.677. The Bertz CT molecular complexity index is 365. The van der Waals surface area contributed by atoms with Crippen molar-refractivity contribution < 1.29 is 9.59 Å². The van der Waals surface area contributed by atoms with Crippen LogP contribution < -0.4 is 5.32 Å². The first kappa shape index (κ1) is 13.4. The molecule has 1 saturated carbocycles. The molecular weight excluding hydrogens is 228 g/mol. The second-order valence-electron chi connectivity index (χ2n) is 5.89. The second kappa shape index (κ2) is 4.56. The van der Waals surface area contributed by atoms with E-state index in [0.29, 0.717) is 12.5 Å². The molecule has 1 N–H and O–H groups in total. The topological polar surface area (TPSA) is 49.4 Å². The van der Waals surface area contributed by atoms with Crippen molar-refractivity contribution in [2.45, 2.75) is 58.5 Å². The van der Waals surface area contributed by atoms with Gasteiger partial charge in [0.05, 0.1) is 0 Å². The van der Waals surface area contributed by atoms with E-state index in [1.54, 1.807) is 4.90 Å².